The van der Waals surface area contributed by atoms with E-state index in [0.29, 0.717) is 17.9 Å². The zero-order chi connectivity index (χ0) is 15.0. The third-order valence-electron chi connectivity index (χ3n) is 4.98. The summed E-state index contributed by atoms with van der Waals surface area (Å²) in [4.78, 5) is 0. The molecule has 1 saturated carbocycles. The summed E-state index contributed by atoms with van der Waals surface area (Å²) in [7, 11) is 0. The highest BCUT2D eigenvalue weighted by Gasteiger charge is 2.39. The van der Waals surface area contributed by atoms with Crippen molar-refractivity contribution in [2.75, 3.05) is 6.54 Å². The van der Waals surface area contributed by atoms with Crippen LogP contribution in [-0.2, 0) is 6.18 Å². The molecule has 0 spiro atoms. The second kappa shape index (κ2) is 5.61. The summed E-state index contributed by atoms with van der Waals surface area (Å²) in [6.07, 6.45) is -0.750. The average Bonchev–Trinajstić information content (AvgIpc) is 3.03. The van der Waals surface area contributed by atoms with E-state index in [4.69, 9.17) is 0 Å². The molecule has 0 amide bonds. The van der Waals surface area contributed by atoms with Crippen LogP contribution >= 0.6 is 0 Å². The number of fused-ring (bicyclic) bond motifs is 1. The maximum Gasteiger partial charge on any atom is 0.416 e. The summed E-state index contributed by atoms with van der Waals surface area (Å²) in [6.45, 7) is 1.01. The third kappa shape index (κ3) is 3.09. The maximum atomic E-state index is 12.5. The van der Waals surface area contributed by atoms with Crippen LogP contribution in [0.2, 0.25) is 0 Å². The van der Waals surface area contributed by atoms with Gasteiger partial charge in [-0.3, -0.25) is 0 Å². The van der Waals surface area contributed by atoms with Crippen molar-refractivity contribution < 1.29 is 18.3 Å². The molecule has 116 valence electrons. The van der Waals surface area contributed by atoms with Crippen LogP contribution in [0.1, 0.15) is 42.9 Å². The summed E-state index contributed by atoms with van der Waals surface area (Å²) >= 11 is 0. The minimum Gasteiger partial charge on any atom is -0.388 e. The van der Waals surface area contributed by atoms with Gasteiger partial charge in [-0.15, -0.1) is 0 Å². The number of aliphatic hydroxyl groups is 1. The Labute approximate surface area is 122 Å². The average molecular weight is 299 g/mol. The number of halogens is 3. The van der Waals surface area contributed by atoms with E-state index < -0.39 is 17.8 Å². The quantitative estimate of drug-likeness (QED) is 0.895. The third-order valence-corrected chi connectivity index (χ3v) is 4.98. The molecule has 2 nitrogen and oxygen atoms in total. The molecule has 4 unspecified atom stereocenters. The summed E-state index contributed by atoms with van der Waals surface area (Å²) in [5.74, 6) is 1.34. The van der Waals surface area contributed by atoms with Crippen molar-refractivity contribution >= 4 is 0 Å². The lowest BCUT2D eigenvalue weighted by molar-refractivity contribution is -0.137. The molecule has 1 aliphatic heterocycles. The molecule has 5 heteroatoms. The highest BCUT2D eigenvalue weighted by Crippen LogP contribution is 2.40. The van der Waals surface area contributed by atoms with Crippen molar-refractivity contribution in [3.8, 4) is 0 Å². The van der Waals surface area contributed by atoms with Crippen molar-refractivity contribution in [2.45, 2.75) is 44.0 Å². The van der Waals surface area contributed by atoms with Gasteiger partial charge in [-0.1, -0.05) is 18.6 Å². The molecule has 2 aliphatic rings. The van der Waals surface area contributed by atoms with Crippen LogP contribution < -0.4 is 5.32 Å². The standard InChI is InChI=1S/C16H20F3NO/c17-16(18,19)12-6-4-10(5-7-12)15(21)8-14-13-3-1-2-11(13)9-20-14/h4-7,11,13-15,20-21H,1-3,8-9H2. The van der Waals surface area contributed by atoms with E-state index in [-0.39, 0.29) is 6.04 Å². The second-order valence-corrected chi connectivity index (χ2v) is 6.24. The summed E-state index contributed by atoms with van der Waals surface area (Å²) in [6, 6.07) is 5.14. The summed E-state index contributed by atoms with van der Waals surface area (Å²) in [5.41, 5.74) is -0.112. The summed E-state index contributed by atoms with van der Waals surface area (Å²) in [5, 5.41) is 13.7. The highest BCUT2D eigenvalue weighted by atomic mass is 19.4. The number of aliphatic hydroxyl groups excluding tert-OH is 1. The largest absolute Gasteiger partial charge is 0.416 e. The van der Waals surface area contributed by atoms with Crippen LogP contribution in [-0.4, -0.2) is 17.7 Å². The Bertz CT molecular complexity index is 485. The molecule has 0 bridgehead atoms. The van der Waals surface area contributed by atoms with Crippen LogP contribution in [0.3, 0.4) is 0 Å². The minimum absolute atomic E-state index is 0.287. The fourth-order valence-corrected chi connectivity index (χ4v) is 3.83. The first-order chi connectivity index (χ1) is 9.95. The fraction of sp³-hybridized carbons (Fsp3) is 0.625. The lowest BCUT2D eigenvalue weighted by atomic mass is 9.89. The van der Waals surface area contributed by atoms with Gasteiger partial charge in [-0.2, -0.15) is 13.2 Å². The molecule has 1 aromatic carbocycles. The number of hydrogen-bond donors (Lipinski definition) is 2. The predicted molar refractivity (Wildman–Crippen MR) is 73.6 cm³/mol. The van der Waals surface area contributed by atoms with Crippen molar-refractivity contribution in [3.63, 3.8) is 0 Å². The first-order valence-electron chi connectivity index (χ1n) is 7.54. The van der Waals surface area contributed by atoms with Gasteiger partial charge in [0.2, 0.25) is 0 Å². The number of rotatable bonds is 3. The molecular weight excluding hydrogens is 279 g/mol. The van der Waals surface area contributed by atoms with Crippen LogP contribution in [0, 0.1) is 11.8 Å². The van der Waals surface area contributed by atoms with Gasteiger partial charge < -0.3 is 10.4 Å². The fourth-order valence-electron chi connectivity index (χ4n) is 3.83. The molecule has 0 aromatic heterocycles. The number of hydrogen-bond acceptors (Lipinski definition) is 2. The molecule has 0 radical (unpaired) electrons. The number of benzene rings is 1. The minimum atomic E-state index is -4.33. The van der Waals surface area contributed by atoms with Gasteiger partial charge in [-0.05, 0) is 55.3 Å². The molecule has 21 heavy (non-hydrogen) atoms. The molecule has 1 aromatic rings. The Balaban J connectivity index is 1.64. The normalized spacial score (nSPS) is 30.4. The molecule has 3 rings (SSSR count). The Morgan fingerprint density at radius 3 is 2.57 bits per heavy atom. The monoisotopic (exact) mass is 299 g/mol. The first kappa shape index (κ1) is 14.9. The lowest BCUT2D eigenvalue weighted by Gasteiger charge is -2.22. The number of alkyl halides is 3. The van der Waals surface area contributed by atoms with Crippen LogP contribution in [0.4, 0.5) is 13.2 Å². The van der Waals surface area contributed by atoms with Crippen LogP contribution in [0.25, 0.3) is 0 Å². The Kier molecular flexibility index (Phi) is 3.97. The Morgan fingerprint density at radius 1 is 1.19 bits per heavy atom. The van der Waals surface area contributed by atoms with Gasteiger partial charge in [0.1, 0.15) is 0 Å². The smallest absolute Gasteiger partial charge is 0.388 e. The van der Waals surface area contributed by atoms with Crippen molar-refractivity contribution in [3.05, 3.63) is 35.4 Å². The van der Waals surface area contributed by atoms with Gasteiger partial charge in [0.05, 0.1) is 11.7 Å². The van der Waals surface area contributed by atoms with E-state index in [2.05, 4.69) is 5.32 Å². The van der Waals surface area contributed by atoms with Gasteiger partial charge in [-0.25, -0.2) is 0 Å². The van der Waals surface area contributed by atoms with E-state index in [1.54, 1.807) is 0 Å². The van der Waals surface area contributed by atoms with Gasteiger partial charge >= 0.3 is 6.18 Å². The molecule has 2 fully saturated rings. The van der Waals surface area contributed by atoms with Crippen molar-refractivity contribution in [2.24, 2.45) is 11.8 Å². The van der Waals surface area contributed by atoms with Crippen molar-refractivity contribution in [1.82, 2.24) is 5.32 Å². The van der Waals surface area contributed by atoms with Crippen molar-refractivity contribution in [1.29, 1.82) is 0 Å². The van der Waals surface area contributed by atoms with E-state index in [0.717, 1.165) is 24.6 Å². The molecule has 2 N–H and O–H groups in total. The van der Waals surface area contributed by atoms with Crippen LogP contribution in [0.5, 0.6) is 0 Å². The van der Waals surface area contributed by atoms with Gasteiger partial charge in [0.25, 0.3) is 0 Å². The van der Waals surface area contributed by atoms with E-state index in [9.17, 15) is 18.3 Å². The second-order valence-electron chi connectivity index (χ2n) is 6.24. The van der Waals surface area contributed by atoms with E-state index >= 15 is 0 Å². The molecule has 1 saturated heterocycles. The lowest BCUT2D eigenvalue weighted by Crippen LogP contribution is -2.28. The zero-order valence-corrected chi connectivity index (χ0v) is 11.7. The SMILES string of the molecule is OC(CC1NCC2CCCC21)c1ccc(C(F)(F)F)cc1. The Morgan fingerprint density at radius 2 is 1.90 bits per heavy atom. The van der Waals surface area contributed by atoms with E-state index in [1.807, 2.05) is 0 Å². The zero-order valence-electron chi connectivity index (χ0n) is 11.7. The Hall–Kier alpha value is -1.07. The van der Waals surface area contributed by atoms with E-state index in [1.165, 1.54) is 31.4 Å². The maximum absolute atomic E-state index is 12.5. The molecule has 4 atom stereocenters. The van der Waals surface area contributed by atoms with Gasteiger partial charge in [0.15, 0.2) is 0 Å². The number of nitrogens with one attached hydrogen (secondary N) is 1. The van der Waals surface area contributed by atoms with Gasteiger partial charge in [0, 0.05) is 6.04 Å². The topological polar surface area (TPSA) is 32.3 Å². The summed E-state index contributed by atoms with van der Waals surface area (Å²) < 4.78 is 37.6. The highest BCUT2D eigenvalue weighted by molar-refractivity contribution is 5.26. The first-order valence-corrected chi connectivity index (χ1v) is 7.54. The molecule has 1 heterocycles. The van der Waals surface area contributed by atoms with Crippen LogP contribution in [0.15, 0.2) is 24.3 Å². The predicted octanol–water partition coefficient (Wildman–Crippen LogP) is 3.52. The molecular formula is C16H20F3NO. The molecule has 1 aliphatic carbocycles.